The Morgan fingerprint density at radius 2 is 2.17 bits per heavy atom. The van der Waals surface area contributed by atoms with E-state index in [0.29, 0.717) is 12.1 Å². The quantitative estimate of drug-likeness (QED) is 0.861. The lowest BCUT2D eigenvalue weighted by atomic mass is 9.99. The van der Waals surface area contributed by atoms with Gasteiger partial charge in [-0.2, -0.15) is 0 Å². The van der Waals surface area contributed by atoms with Gasteiger partial charge in [0.05, 0.1) is 13.2 Å². The van der Waals surface area contributed by atoms with Crippen LogP contribution >= 0.6 is 0 Å². The molecular formula is C19H25N3O. The number of aromatic amines is 1. The number of hydrogen-bond donors (Lipinski definition) is 2. The highest BCUT2D eigenvalue weighted by Crippen LogP contribution is 2.41. The van der Waals surface area contributed by atoms with Gasteiger partial charge < -0.3 is 15.0 Å². The Bertz CT molecular complexity index is 636. The topological polar surface area (TPSA) is 40.3 Å². The number of hydrogen-bond acceptors (Lipinski definition) is 3. The second-order valence-corrected chi connectivity index (χ2v) is 6.69. The summed E-state index contributed by atoms with van der Waals surface area (Å²) >= 11 is 0. The molecule has 122 valence electrons. The van der Waals surface area contributed by atoms with E-state index in [1.165, 1.54) is 36.9 Å². The molecule has 0 spiro atoms. The van der Waals surface area contributed by atoms with E-state index < -0.39 is 0 Å². The maximum Gasteiger partial charge on any atom is 0.119 e. The van der Waals surface area contributed by atoms with Crippen molar-refractivity contribution in [3.8, 4) is 5.75 Å². The summed E-state index contributed by atoms with van der Waals surface area (Å²) in [6.07, 6.45) is 7.97. The molecule has 1 saturated heterocycles. The van der Waals surface area contributed by atoms with Crippen molar-refractivity contribution >= 4 is 0 Å². The molecule has 2 aliphatic rings. The Kier molecular flexibility index (Phi) is 4.10. The van der Waals surface area contributed by atoms with E-state index in [-0.39, 0.29) is 0 Å². The molecule has 0 amide bonds. The summed E-state index contributed by atoms with van der Waals surface area (Å²) < 4.78 is 5.44. The van der Waals surface area contributed by atoms with E-state index in [2.05, 4.69) is 45.7 Å². The maximum atomic E-state index is 5.44. The number of likely N-dealkylation sites (tertiary alicyclic amines) is 1. The number of aromatic nitrogens is 1. The monoisotopic (exact) mass is 311 g/mol. The maximum absolute atomic E-state index is 5.44. The molecule has 4 rings (SSSR count). The van der Waals surface area contributed by atoms with Crippen molar-refractivity contribution in [1.29, 1.82) is 0 Å². The molecule has 2 N–H and O–H groups in total. The summed E-state index contributed by atoms with van der Waals surface area (Å²) in [5, 5.41) is 3.78. The lowest BCUT2D eigenvalue weighted by molar-refractivity contribution is 0.226. The Hall–Kier alpha value is -1.78. The standard InChI is InChI=1S/C19H25N3O/c1-23-17-4-2-3-15(11-17)19-18(8-10-22(19)16-5-6-16)21-13-14-7-9-20-12-14/h2-4,7,9,11-12,16,18-21H,5-6,8,10,13H2,1H3/t18-,19-/m0/s1. The smallest absolute Gasteiger partial charge is 0.119 e. The molecular weight excluding hydrogens is 286 g/mol. The van der Waals surface area contributed by atoms with Gasteiger partial charge in [0.1, 0.15) is 5.75 Å². The van der Waals surface area contributed by atoms with Gasteiger partial charge >= 0.3 is 0 Å². The van der Waals surface area contributed by atoms with Crippen LogP contribution in [0.2, 0.25) is 0 Å². The predicted octanol–water partition coefficient (Wildman–Crippen LogP) is 3.09. The van der Waals surface area contributed by atoms with Gasteiger partial charge in [0.2, 0.25) is 0 Å². The lowest BCUT2D eigenvalue weighted by Gasteiger charge is -2.29. The predicted molar refractivity (Wildman–Crippen MR) is 91.5 cm³/mol. The van der Waals surface area contributed by atoms with Gasteiger partial charge in [0.25, 0.3) is 0 Å². The second kappa shape index (κ2) is 6.38. The zero-order chi connectivity index (χ0) is 15.6. The van der Waals surface area contributed by atoms with Crippen molar-refractivity contribution < 1.29 is 4.74 Å². The SMILES string of the molecule is COc1cccc([C@H]2[C@@H](NCc3cc[nH]c3)CCN2C2CC2)c1. The van der Waals surface area contributed by atoms with Gasteiger partial charge in [0.15, 0.2) is 0 Å². The molecule has 4 heteroatoms. The van der Waals surface area contributed by atoms with Crippen LogP contribution in [0.3, 0.4) is 0 Å². The highest BCUT2D eigenvalue weighted by atomic mass is 16.5. The molecule has 2 aromatic rings. The first kappa shape index (κ1) is 14.8. The molecule has 0 bridgehead atoms. The van der Waals surface area contributed by atoms with Crippen LogP contribution in [0.1, 0.15) is 36.4 Å². The van der Waals surface area contributed by atoms with Gasteiger partial charge in [-0.25, -0.2) is 0 Å². The normalized spacial score (nSPS) is 24.9. The molecule has 0 radical (unpaired) electrons. The molecule has 1 aromatic heterocycles. The van der Waals surface area contributed by atoms with Crippen LogP contribution in [0.15, 0.2) is 42.7 Å². The number of H-pyrrole nitrogens is 1. The van der Waals surface area contributed by atoms with Gasteiger partial charge in [-0.1, -0.05) is 12.1 Å². The molecule has 1 aliphatic carbocycles. The molecule has 23 heavy (non-hydrogen) atoms. The van der Waals surface area contributed by atoms with Crippen LogP contribution in [-0.2, 0) is 6.54 Å². The number of nitrogens with zero attached hydrogens (tertiary/aromatic N) is 1. The van der Waals surface area contributed by atoms with Gasteiger partial charge in [0, 0.05) is 37.6 Å². The summed E-state index contributed by atoms with van der Waals surface area (Å²) in [5.41, 5.74) is 2.69. The van der Waals surface area contributed by atoms with Gasteiger partial charge in [-0.05, 0) is 48.6 Å². The minimum absolute atomic E-state index is 0.455. The number of nitrogens with one attached hydrogen (secondary N) is 2. The third kappa shape index (κ3) is 3.14. The first-order chi connectivity index (χ1) is 11.3. The fourth-order valence-electron chi connectivity index (χ4n) is 3.81. The van der Waals surface area contributed by atoms with E-state index in [1.807, 2.05) is 12.3 Å². The Morgan fingerprint density at radius 3 is 2.91 bits per heavy atom. The van der Waals surface area contributed by atoms with E-state index in [9.17, 15) is 0 Å². The number of ether oxygens (including phenoxy) is 1. The van der Waals surface area contributed by atoms with Gasteiger partial charge in [-0.3, -0.25) is 4.90 Å². The van der Waals surface area contributed by atoms with Crippen molar-refractivity contribution in [2.45, 2.75) is 43.9 Å². The van der Waals surface area contributed by atoms with E-state index in [4.69, 9.17) is 4.74 Å². The molecule has 1 aliphatic heterocycles. The summed E-state index contributed by atoms with van der Waals surface area (Å²) in [6, 6.07) is 12.5. The fourth-order valence-corrected chi connectivity index (χ4v) is 3.81. The Morgan fingerprint density at radius 1 is 1.26 bits per heavy atom. The molecule has 4 nitrogen and oxygen atoms in total. The minimum Gasteiger partial charge on any atom is -0.497 e. The minimum atomic E-state index is 0.455. The molecule has 1 saturated carbocycles. The number of methoxy groups -OCH3 is 1. The first-order valence-electron chi connectivity index (χ1n) is 8.60. The van der Waals surface area contributed by atoms with Crippen LogP contribution in [-0.4, -0.2) is 35.6 Å². The summed E-state index contributed by atoms with van der Waals surface area (Å²) in [5.74, 6) is 0.953. The zero-order valence-electron chi connectivity index (χ0n) is 13.7. The van der Waals surface area contributed by atoms with Crippen LogP contribution < -0.4 is 10.1 Å². The number of rotatable bonds is 6. The molecule has 2 atom stereocenters. The van der Waals surface area contributed by atoms with Crippen LogP contribution in [0.25, 0.3) is 0 Å². The zero-order valence-corrected chi connectivity index (χ0v) is 13.7. The summed E-state index contributed by atoms with van der Waals surface area (Å²) in [7, 11) is 1.74. The molecule has 2 heterocycles. The van der Waals surface area contributed by atoms with Gasteiger partial charge in [-0.15, -0.1) is 0 Å². The first-order valence-corrected chi connectivity index (χ1v) is 8.60. The molecule has 0 unspecified atom stereocenters. The van der Waals surface area contributed by atoms with Crippen molar-refractivity contribution in [3.05, 3.63) is 53.9 Å². The number of benzene rings is 1. The largest absolute Gasteiger partial charge is 0.497 e. The average molecular weight is 311 g/mol. The summed E-state index contributed by atoms with van der Waals surface area (Å²) in [6.45, 7) is 2.12. The van der Waals surface area contributed by atoms with Crippen molar-refractivity contribution in [1.82, 2.24) is 15.2 Å². The van der Waals surface area contributed by atoms with Crippen molar-refractivity contribution in [3.63, 3.8) is 0 Å². The second-order valence-electron chi connectivity index (χ2n) is 6.69. The Balaban J connectivity index is 1.54. The molecule has 1 aromatic carbocycles. The Labute approximate surface area is 137 Å². The van der Waals surface area contributed by atoms with E-state index in [0.717, 1.165) is 18.3 Å². The highest BCUT2D eigenvalue weighted by Gasteiger charge is 2.42. The molecule has 2 fully saturated rings. The van der Waals surface area contributed by atoms with Crippen LogP contribution in [0.5, 0.6) is 5.75 Å². The third-order valence-electron chi connectivity index (χ3n) is 5.12. The fraction of sp³-hybridized carbons (Fsp3) is 0.474. The third-order valence-corrected chi connectivity index (χ3v) is 5.12. The van der Waals surface area contributed by atoms with Crippen molar-refractivity contribution in [2.75, 3.05) is 13.7 Å². The van der Waals surface area contributed by atoms with Crippen LogP contribution in [0.4, 0.5) is 0 Å². The average Bonchev–Trinajstić information content (AvgIpc) is 3.13. The summed E-state index contributed by atoms with van der Waals surface area (Å²) in [4.78, 5) is 5.83. The van der Waals surface area contributed by atoms with E-state index >= 15 is 0 Å². The lowest BCUT2D eigenvalue weighted by Crippen LogP contribution is -2.36. The van der Waals surface area contributed by atoms with E-state index in [1.54, 1.807) is 7.11 Å². The van der Waals surface area contributed by atoms with Crippen LogP contribution in [0, 0.1) is 0 Å². The van der Waals surface area contributed by atoms with Crippen molar-refractivity contribution in [2.24, 2.45) is 0 Å². The highest BCUT2D eigenvalue weighted by molar-refractivity contribution is 5.32.